The number of para-hydroxylation sites is 2. The lowest BCUT2D eigenvalue weighted by atomic mass is 10.1. The molecule has 1 aromatic heterocycles. The molecule has 0 aliphatic carbocycles. The van der Waals surface area contributed by atoms with E-state index in [-0.39, 0.29) is 5.91 Å². The SMILES string of the molecule is O=C(NCc1nc2ccccc2[nH]1)[C@@H]1C[C@H](O)CN1Cc1ccc(Cl)cc1Cl. The standard InChI is InChI=1S/C20H20Cl2N4O2/c21-13-6-5-12(15(22)7-13)10-26-11-14(27)8-18(26)20(28)23-9-19-24-16-3-1-2-4-17(16)25-19/h1-7,14,18,27H,8-11H2,(H,23,28)(H,24,25)/t14-,18-/m0/s1. The molecule has 3 aromatic rings. The van der Waals surface area contributed by atoms with Gasteiger partial charge in [-0.1, -0.05) is 41.4 Å². The van der Waals surface area contributed by atoms with Crippen LogP contribution in [0.4, 0.5) is 0 Å². The number of amides is 1. The topological polar surface area (TPSA) is 81.2 Å². The number of aromatic amines is 1. The number of β-amino-alcohol motifs (C(OH)–C–C–N with tert-alkyl or cyclic N) is 1. The molecule has 2 atom stereocenters. The average Bonchev–Trinajstić information content (AvgIpc) is 3.25. The quantitative estimate of drug-likeness (QED) is 0.594. The molecule has 6 nitrogen and oxygen atoms in total. The summed E-state index contributed by atoms with van der Waals surface area (Å²) >= 11 is 12.2. The molecule has 0 saturated carbocycles. The number of fused-ring (bicyclic) bond motifs is 1. The van der Waals surface area contributed by atoms with E-state index in [1.165, 1.54) is 0 Å². The molecule has 8 heteroatoms. The normalized spacial score (nSPS) is 20.0. The van der Waals surface area contributed by atoms with Crippen molar-refractivity contribution < 1.29 is 9.90 Å². The van der Waals surface area contributed by atoms with E-state index >= 15 is 0 Å². The monoisotopic (exact) mass is 418 g/mol. The van der Waals surface area contributed by atoms with Gasteiger partial charge in [-0.2, -0.15) is 0 Å². The first-order chi connectivity index (χ1) is 13.5. The van der Waals surface area contributed by atoms with Crippen LogP contribution in [0.15, 0.2) is 42.5 Å². The van der Waals surface area contributed by atoms with Gasteiger partial charge in [0.05, 0.1) is 29.7 Å². The van der Waals surface area contributed by atoms with E-state index in [0.717, 1.165) is 16.6 Å². The highest BCUT2D eigenvalue weighted by Crippen LogP contribution is 2.26. The number of halogens is 2. The molecular weight excluding hydrogens is 399 g/mol. The Balaban J connectivity index is 1.42. The average molecular weight is 419 g/mol. The van der Waals surface area contributed by atoms with Crippen molar-refractivity contribution in [2.45, 2.75) is 31.7 Å². The molecule has 1 saturated heterocycles. The van der Waals surface area contributed by atoms with E-state index in [9.17, 15) is 9.90 Å². The first-order valence-corrected chi connectivity index (χ1v) is 9.82. The molecule has 0 unspecified atom stereocenters. The number of benzene rings is 2. The molecule has 0 bridgehead atoms. The van der Waals surface area contributed by atoms with Crippen LogP contribution in [0.25, 0.3) is 11.0 Å². The van der Waals surface area contributed by atoms with Crippen molar-refractivity contribution in [3.8, 4) is 0 Å². The van der Waals surface area contributed by atoms with Gasteiger partial charge in [0.1, 0.15) is 5.82 Å². The molecule has 1 amide bonds. The number of nitrogens with one attached hydrogen (secondary N) is 2. The number of nitrogens with zero attached hydrogens (tertiary/aromatic N) is 2. The second-order valence-corrected chi connectivity index (χ2v) is 7.83. The Morgan fingerprint density at radius 1 is 1.29 bits per heavy atom. The van der Waals surface area contributed by atoms with E-state index < -0.39 is 12.1 Å². The highest BCUT2D eigenvalue weighted by atomic mass is 35.5. The Labute approximate surface area is 172 Å². The maximum absolute atomic E-state index is 12.8. The first-order valence-electron chi connectivity index (χ1n) is 9.07. The van der Waals surface area contributed by atoms with Gasteiger partial charge in [0.25, 0.3) is 0 Å². The summed E-state index contributed by atoms with van der Waals surface area (Å²) in [7, 11) is 0. The molecule has 28 heavy (non-hydrogen) atoms. The van der Waals surface area contributed by atoms with Crippen molar-refractivity contribution in [2.75, 3.05) is 6.54 Å². The molecule has 3 N–H and O–H groups in total. The number of carbonyl (C=O) groups excluding carboxylic acids is 1. The van der Waals surface area contributed by atoms with Crippen molar-refractivity contribution in [3.63, 3.8) is 0 Å². The molecule has 2 heterocycles. The van der Waals surface area contributed by atoms with Crippen LogP contribution in [-0.4, -0.2) is 44.6 Å². The summed E-state index contributed by atoms with van der Waals surface area (Å²) < 4.78 is 0. The summed E-state index contributed by atoms with van der Waals surface area (Å²) in [4.78, 5) is 22.4. The number of carbonyl (C=O) groups is 1. The number of aromatic nitrogens is 2. The predicted octanol–water partition coefficient (Wildman–Crippen LogP) is 3.12. The van der Waals surface area contributed by atoms with Crippen molar-refractivity contribution >= 4 is 40.1 Å². The molecule has 1 aliphatic heterocycles. The molecule has 1 fully saturated rings. The highest BCUT2D eigenvalue weighted by Gasteiger charge is 2.36. The number of H-pyrrole nitrogens is 1. The van der Waals surface area contributed by atoms with Crippen LogP contribution in [-0.2, 0) is 17.9 Å². The van der Waals surface area contributed by atoms with Gasteiger partial charge in [0.2, 0.25) is 5.91 Å². The van der Waals surface area contributed by atoms with Crippen LogP contribution in [0.3, 0.4) is 0 Å². The Morgan fingerprint density at radius 2 is 2.11 bits per heavy atom. The fourth-order valence-corrected chi connectivity index (χ4v) is 4.04. The molecule has 146 valence electrons. The highest BCUT2D eigenvalue weighted by molar-refractivity contribution is 6.35. The maximum atomic E-state index is 12.8. The van der Waals surface area contributed by atoms with Crippen LogP contribution in [0.1, 0.15) is 17.8 Å². The number of likely N-dealkylation sites (tertiary alicyclic amines) is 1. The van der Waals surface area contributed by atoms with Gasteiger partial charge in [0, 0.05) is 23.1 Å². The molecule has 1 aliphatic rings. The second-order valence-electron chi connectivity index (χ2n) is 6.99. The third-order valence-electron chi connectivity index (χ3n) is 4.94. The maximum Gasteiger partial charge on any atom is 0.237 e. The smallest absolute Gasteiger partial charge is 0.237 e. The second kappa shape index (κ2) is 8.09. The fraction of sp³-hybridized carbons (Fsp3) is 0.300. The van der Waals surface area contributed by atoms with E-state index in [1.54, 1.807) is 12.1 Å². The van der Waals surface area contributed by atoms with Gasteiger partial charge in [-0.15, -0.1) is 0 Å². The lowest BCUT2D eigenvalue weighted by Crippen LogP contribution is -2.42. The number of hydrogen-bond donors (Lipinski definition) is 3. The minimum atomic E-state index is -0.548. The lowest BCUT2D eigenvalue weighted by Gasteiger charge is -2.23. The van der Waals surface area contributed by atoms with E-state index in [2.05, 4.69) is 15.3 Å². The van der Waals surface area contributed by atoms with Crippen molar-refractivity contribution in [2.24, 2.45) is 0 Å². The zero-order valence-electron chi connectivity index (χ0n) is 15.0. The van der Waals surface area contributed by atoms with Gasteiger partial charge in [-0.3, -0.25) is 9.69 Å². The van der Waals surface area contributed by atoms with Crippen molar-refractivity contribution in [1.82, 2.24) is 20.2 Å². The van der Waals surface area contributed by atoms with Crippen LogP contribution in [0.5, 0.6) is 0 Å². The van der Waals surface area contributed by atoms with Crippen LogP contribution >= 0.6 is 23.2 Å². The Hall–Kier alpha value is -2.12. The van der Waals surface area contributed by atoms with Gasteiger partial charge in [0.15, 0.2) is 0 Å². The summed E-state index contributed by atoms with van der Waals surface area (Å²) in [5, 5.41) is 14.1. The zero-order valence-corrected chi connectivity index (χ0v) is 16.5. The molecule has 0 radical (unpaired) electrons. The van der Waals surface area contributed by atoms with Gasteiger partial charge in [-0.25, -0.2) is 4.98 Å². The minimum absolute atomic E-state index is 0.137. The molecule has 4 rings (SSSR count). The predicted molar refractivity (Wildman–Crippen MR) is 109 cm³/mol. The number of hydrogen-bond acceptors (Lipinski definition) is 4. The Kier molecular flexibility index (Phi) is 5.55. The number of rotatable bonds is 5. The Bertz CT molecular complexity index is 974. The lowest BCUT2D eigenvalue weighted by molar-refractivity contribution is -0.125. The van der Waals surface area contributed by atoms with Gasteiger partial charge < -0.3 is 15.4 Å². The summed E-state index contributed by atoms with van der Waals surface area (Å²) in [5.41, 5.74) is 2.67. The summed E-state index contributed by atoms with van der Waals surface area (Å²) in [6, 6.07) is 12.6. The van der Waals surface area contributed by atoms with E-state index in [1.807, 2.05) is 35.2 Å². The van der Waals surface area contributed by atoms with E-state index in [4.69, 9.17) is 23.2 Å². The van der Waals surface area contributed by atoms with Gasteiger partial charge >= 0.3 is 0 Å². The van der Waals surface area contributed by atoms with Crippen LogP contribution < -0.4 is 5.32 Å². The number of imidazole rings is 1. The first kappa shape index (κ1) is 19.2. The fourth-order valence-electron chi connectivity index (χ4n) is 3.57. The summed E-state index contributed by atoms with van der Waals surface area (Å²) in [6.45, 7) is 1.19. The zero-order chi connectivity index (χ0) is 19.7. The number of aliphatic hydroxyl groups is 1. The molecule has 0 spiro atoms. The third kappa shape index (κ3) is 4.15. The van der Waals surface area contributed by atoms with Crippen LogP contribution in [0.2, 0.25) is 10.0 Å². The van der Waals surface area contributed by atoms with Crippen molar-refractivity contribution in [3.05, 3.63) is 63.9 Å². The van der Waals surface area contributed by atoms with Crippen LogP contribution in [0, 0.1) is 0 Å². The van der Waals surface area contributed by atoms with Crippen molar-refractivity contribution in [1.29, 1.82) is 0 Å². The van der Waals surface area contributed by atoms with Gasteiger partial charge in [-0.05, 0) is 36.2 Å². The largest absolute Gasteiger partial charge is 0.392 e. The molecule has 2 aromatic carbocycles. The summed E-state index contributed by atoms with van der Waals surface area (Å²) in [5.74, 6) is 0.558. The minimum Gasteiger partial charge on any atom is -0.392 e. The third-order valence-corrected chi connectivity index (χ3v) is 5.53. The summed E-state index contributed by atoms with van der Waals surface area (Å²) in [6.07, 6.45) is -0.162. The molecular formula is C20H20Cl2N4O2. The van der Waals surface area contributed by atoms with E-state index in [0.29, 0.717) is 41.9 Å². The Morgan fingerprint density at radius 3 is 2.89 bits per heavy atom. The number of aliphatic hydroxyl groups excluding tert-OH is 1.